The summed E-state index contributed by atoms with van der Waals surface area (Å²) in [6.07, 6.45) is 6.43. The Labute approximate surface area is 171 Å². The van der Waals surface area contributed by atoms with Crippen LogP contribution < -0.4 is 14.9 Å². The SMILES string of the molecule is CN(c1ccc(CNC(=O)CNS(=O)(=O)c2cccs2)cc1)C1CCCCC1. The molecule has 6 nitrogen and oxygen atoms in total. The second-order valence-corrected chi connectivity index (χ2v) is 10.0. The maximum absolute atomic E-state index is 12.0. The largest absolute Gasteiger partial charge is 0.372 e. The molecule has 0 bridgehead atoms. The maximum Gasteiger partial charge on any atom is 0.250 e. The molecule has 0 radical (unpaired) electrons. The van der Waals surface area contributed by atoms with Gasteiger partial charge in [0.15, 0.2) is 0 Å². The highest BCUT2D eigenvalue weighted by Gasteiger charge is 2.18. The molecule has 0 atom stereocenters. The lowest BCUT2D eigenvalue weighted by Gasteiger charge is -2.33. The normalized spacial score (nSPS) is 15.3. The Kier molecular flexibility index (Phi) is 7.09. The molecule has 1 heterocycles. The van der Waals surface area contributed by atoms with Gasteiger partial charge in [0, 0.05) is 25.3 Å². The Morgan fingerprint density at radius 2 is 1.86 bits per heavy atom. The number of anilines is 1. The first kappa shape index (κ1) is 20.8. The summed E-state index contributed by atoms with van der Waals surface area (Å²) in [7, 11) is -1.47. The summed E-state index contributed by atoms with van der Waals surface area (Å²) >= 11 is 1.12. The smallest absolute Gasteiger partial charge is 0.250 e. The Morgan fingerprint density at radius 1 is 1.14 bits per heavy atom. The van der Waals surface area contributed by atoms with Crippen LogP contribution in [0.25, 0.3) is 0 Å². The van der Waals surface area contributed by atoms with Gasteiger partial charge in [-0.3, -0.25) is 4.79 Å². The van der Waals surface area contributed by atoms with Crippen LogP contribution in [0.2, 0.25) is 0 Å². The van der Waals surface area contributed by atoms with E-state index in [9.17, 15) is 13.2 Å². The molecule has 3 rings (SSSR count). The van der Waals surface area contributed by atoms with Crippen LogP contribution in [0.1, 0.15) is 37.7 Å². The van der Waals surface area contributed by atoms with Crippen molar-refractivity contribution in [3.05, 3.63) is 47.3 Å². The van der Waals surface area contributed by atoms with Gasteiger partial charge in [0.2, 0.25) is 5.91 Å². The zero-order valence-electron chi connectivity index (χ0n) is 16.1. The van der Waals surface area contributed by atoms with Crippen molar-refractivity contribution in [2.45, 2.75) is 48.9 Å². The standard InChI is InChI=1S/C20H27N3O3S2/c1-23(17-6-3-2-4-7-17)18-11-9-16(10-12-18)14-21-19(24)15-22-28(25,26)20-8-5-13-27-20/h5,8-13,17,22H,2-4,6-7,14-15H2,1H3,(H,21,24). The Hall–Kier alpha value is -1.90. The molecule has 1 saturated carbocycles. The van der Waals surface area contributed by atoms with Crippen molar-refractivity contribution in [1.82, 2.24) is 10.0 Å². The predicted molar refractivity (Wildman–Crippen MR) is 113 cm³/mol. The molecule has 1 amide bonds. The fourth-order valence-corrected chi connectivity index (χ4v) is 5.46. The maximum atomic E-state index is 12.0. The van der Waals surface area contributed by atoms with Gasteiger partial charge in [-0.1, -0.05) is 37.5 Å². The fourth-order valence-electron chi connectivity index (χ4n) is 3.44. The number of amides is 1. The van der Waals surface area contributed by atoms with E-state index < -0.39 is 10.0 Å². The number of carbonyl (C=O) groups is 1. The van der Waals surface area contributed by atoms with Gasteiger partial charge in [-0.15, -0.1) is 11.3 Å². The highest BCUT2D eigenvalue weighted by atomic mass is 32.2. The van der Waals surface area contributed by atoms with E-state index in [2.05, 4.69) is 34.1 Å². The highest BCUT2D eigenvalue weighted by Crippen LogP contribution is 2.26. The van der Waals surface area contributed by atoms with Crippen LogP contribution in [0.4, 0.5) is 5.69 Å². The topological polar surface area (TPSA) is 78.5 Å². The first-order valence-corrected chi connectivity index (χ1v) is 11.9. The summed E-state index contributed by atoms with van der Waals surface area (Å²) in [5.41, 5.74) is 2.17. The average Bonchev–Trinajstić information content (AvgIpc) is 3.27. The molecule has 2 N–H and O–H groups in total. The van der Waals surface area contributed by atoms with Gasteiger partial charge >= 0.3 is 0 Å². The molecule has 1 aliphatic rings. The quantitative estimate of drug-likeness (QED) is 0.686. The van der Waals surface area contributed by atoms with E-state index in [1.165, 1.54) is 43.9 Å². The minimum Gasteiger partial charge on any atom is -0.372 e. The summed E-state index contributed by atoms with van der Waals surface area (Å²) in [4.78, 5) is 14.3. The Balaban J connectivity index is 1.46. The third kappa shape index (κ3) is 5.56. The van der Waals surface area contributed by atoms with Crippen molar-refractivity contribution < 1.29 is 13.2 Å². The second kappa shape index (κ2) is 9.54. The van der Waals surface area contributed by atoms with E-state index in [0.717, 1.165) is 16.9 Å². The Morgan fingerprint density at radius 3 is 2.50 bits per heavy atom. The molecule has 0 unspecified atom stereocenters. The highest BCUT2D eigenvalue weighted by molar-refractivity contribution is 7.91. The molecular formula is C20H27N3O3S2. The number of thiophene rings is 1. The van der Waals surface area contributed by atoms with Crippen LogP contribution in [0.5, 0.6) is 0 Å². The van der Waals surface area contributed by atoms with Crippen molar-refractivity contribution in [2.24, 2.45) is 0 Å². The lowest BCUT2D eigenvalue weighted by Crippen LogP contribution is -2.36. The van der Waals surface area contributed by atoms with Crippen LogP contribution in [-0.2, 0) is 21.4 Å². The van der Waals surface area contributed by atoms with Gasteiger partial charge in [0.25, 0.3) is 10.0 Å². The molecule has 0 aliphatic heterocycles. The van der Waals surface area contributed by atoms with Crippen molar-refractivity contribution in [2.75, 3.05) is 18.5 Å². The lowest BCUT2D eigenvalue weighted by atomic mass is 9.94. The van der Waals surface area contributed by atoms with Crippen LogP contribution in [0.3, 0.4) is 0 Å². The van der Waals surface area contributed by atoms with Gasteiger partial charge < -0.3 is 10.2 Å². The van der Waals surface area contributed by atoms with Gasteiger partial charge in [-0.05, 0) is 42.0 Å². The van der Waals surface area contributed by atoms with Crippen molar-refractivity contribution >= 4 is 33.0 Å². The van der Waals surface area contributed by atoms with E-state index in [-0.39, 0.29) is 16.7 Å². The predicted octanol–water partition coefficient (Wildman–Crippen LogP) is 3.11. The number of carbonyl (C=O) groups excluding carboxylic acids is 1. The Bertz CT molecular complexity index is 859. The van der Waals surface area contributed by atoms with E-state index in [1.54, 1.807) is 11.4 Å². The molecule has 1 fully saturated rings. The summed E-state index contributed by atoms with van der Waals surface area (Å²) in [5.74, 6) is -0.358. The molecule has 2 aromatic rings. The van der Waals surface area contributed by atoms with E-state index in [1.807, 2.05) is 12.1 Å². The molecule has 0 spiro atoms. The first-order chi connectivity index (χ1) is 13.5. The van der Waals surface area contributed by atoms with Gasteiger partial charge in [0.1, 0.15) is 4.21 Å². The summed E-state index contributed by atoms with van der Waals surface area (Å²) in [5, 5.41) is 4.44. The average molecular weight is 422 g/mol. The number of rotatable bonds is 8. The van der Waals surface area contributed by atoms with Crippen LogP contribution in [-0.4, -0.2) is 34.0 Å². The third-order valence-electron chi connectivity index (χ3n) is 5.14. The van der Waals surface area contributed by atoms with Crippen molar-refractivity contribution in [3.63, 3.8) is 0 Å². The molecular weight excluding hydrogens is 394 g/mol. The zero-order chi connectivity index (χ0) is 20.0. The molecule has 152 valence electrons. The van der Waals surface area contributed by atoms with Gasteiger partial charge in [-0.25, -0.2) is 13.1 Å². The van der Waals surface area contributed by atoms with Crippen LogP contribution in [0, 0.1) is 0 Å². The molecule has 1 aliphatic carbocycles. The van der Waals surface area contributed by atoms with Crippen molar-refractivity contribution in [3.8, 4) is 0 Å². The van der Waals surface area contributed by atoms with Gasteiger partial charge in [0.05, 0.1) is 6.54 Å². The monoisotopic (exact) mass is 421 g/mol. The van der Waals surface area contributed by atoms with E-state index in [0.29, 0.717) is 12.6 Å². The summed E-state index contributed by atoms with van der Waals surface area (Å²) in [6, 6.07) is 11.9. The van der Waals surface area contributed by atoms with Gasteiger partial charge in [-0.2, -0.15) is 0 Å². The minimum absolute atomic E-state index is 0.206. The number of hydrogen-bond donors (Lipinski definition) is 2. The first-order valence-electron chi connectivity index (χ1n) is 9.57. The summed E-state index contributed by atoms with van der Waals surface area (Å²) < 4.78 is 26.6. The lowest BCUT2D eigenvalue weighted by molar-refractivity contribution is -0.120. The van der Waals surface area contributed by atoms with Crippen molar-refractivity contribution in [1.29, 1.82) is 0 Å². The molecule has 0 saturated heterocycles. The third-order valence-corrected chi connectivity index (χ3v) is 7.94. The van der Waals surface area contributed by atoms with Crippen LogP contribution >= 0.6 is 11.3 Å². The number of hydrogen-bond acceptors (Lipinski definition) is 5. The minimum atomic E-state index is -3.62. The van der Waals surface area contributed by atoms with E-state index in [4.69, 9.17) is 0 Å². The van der Waals surface area contributed by atoms with E-state index >= 15 is 0 Å². The number of sulfonamides is 1. The second-order valence-electron chi connectivity index (χ2n) is 7.10. The molecule has 8 heteroatoms. The summed E-state index contributed by atoms with van der Waals surface area (Å²) in [6.45, 7) is 0.0930. The zero-order valence-corrected chi connectivity index (χ0v) is 17.7. The molecule has 28 heavy (non-hydrogen) atoms. The number of nitrogens with zero attached hydrogens (tertiary/aromatic N) is 1. The fraction of sp³-hybridized carbons (Fsp3) is 0.450. The van der Waals surface area contributed by atoms with Crippen LogP contribution in [0.15, 0.2) is 46.0 Å². The number of benzene rings is 1. The molecule has 1 aromatic heterocycles. The molecule has 1 aromatic carbocycles. The number of nitrogens with one attached hydrogen (secondary N) is 2.